The third kappa shape index (κ3) is 3.47. The van der Waals surface area contributed by atoms with Gasteiger partial charge in [0.15, 0.2) is 0 Å². The topological polar surface area (TPSA) is 116 Å². The highest BCUT2D eigenvalue weighted by Gasteiger charge is 2.50. The maximum Gasteiger partial charge on any atom is 0.291 e. The lowest BCUT2D eigenvalue weighted by molar-refractivity contribution is -0.141. The number of hydrogen-bond acceptors (Lipinski definition) is 6. The number of benzene rings is 1. The van der Waals surface area contributed by atoms with Gasteiger partial charge in [0.05, 0.1) is 31.0 Å². The molecular weight excluding hydrogens is 338 g/mol. The summed E-state index contributed by atoms with van der Waals surface area (Å²) in [6.07, 6.45) is 4.46. The average Bonchev–Trinajstić information content (AvgIpc) is 3.24. The van der Waals surface area contributed by atoms with Gasteiger partial charge >= 0.3 is 0 Å². The molecule has 3 unspecified atom stereocenters. The van der Waals surface area contributed by atoms with E-state index in [4.69, 9.17) is 0 Å². The highest BCUT2D eigenvalue weighted by Crippen LogP contribution is 2.34. The summed E-state index contributed by atoms with van der Waals surface area (Å²) in [5.74, 6) is -2.11. The molecule has 1 amide bonds. The van der Waals surface area contributed by atoms with Crippen LogP contribution >= 0.6 is 0 Å². The monoisotopic (exact) mass is 359 g/mol. The summed E-state index contributed by atoms with van der Waals surface area (Å²) in [7, 11) is 0. The standard InChI is InChI=1S/C18H21N3O5/c22-10-14(24)16-15(12-2-4-13(23)5-3-12)17(25)18(26)21(16)8-1-7-20-9-6-19-11-20/h2-6,9,11,14-16,22-24H,1,7-8,10H2. The van der Waals surface area contributed by atoms with Gasteiger partial charge in [-0.05, 0) is 24.1 Å². The molecule has 3 atom stereocenters. The van der Waals surface area contributed by atoms with E-state index in [1.54, 1.807) is 30.9 Å². The Hall–Kier alpha value is -2.71. The molecule has 1 aromatic carbocycles. The maximum atomic E-state index is 12.6. The minimum absolute atomic E-state index is 0.0435. The molecule has 3 N–H and O–H groups in total. The van der Waals surface area contributed by atoms with E-state index in [9.17, 15) is 24.9 Å². The lowest BCUT2D eigenvalue weighted by atomic mass is 9.88. The number of ketones is 1. The first kappa shape index (κ1) is 18.1. The number of carbonyl (C=O) groups is 2. The summed E-state index contributed by atoms with van der Waals surface area (Å²) in [5.41, 5.74) is 0.524. The Morgan fingerprint density at radius 3 is 2.50 bits per heavy atom. The summed E-state index contributed by atoms with van der Waals surface area (Å²) in [5, 5.41) is 29.1. The number of aliphatic hydroxyl groups excluding tert-OH is 2. The Bertz CT molecular complexity index is 760. The van der Waals surface area contributed by atoms with Crippen molar-refractivity contribution in [1.29, 1.82) is 0 Å². The van der Waals surface area contributed by atoms with Gasteiger partial charge in [-0.15, -0.1) is 0 Å². The molecule has 3 rings (SSSR count). The summed E-state index contributed by atoms with van der Waals surface area (Å²) in [6, 6.07) is 5.12. The number of Topliss-reactive ketones (excluding diaryl/α,β-unsaturated/α-hetero) is 1. The number of rotatable bonds is 7. The lowest BCUT2D eigenvalue weighted by Gasteiger charge is -2.30. The van der Waals surface area contributed by atoms with Crippen LogP contribution in [-0.2, 0) is 16.1 Å². The number of imidazole rings is 1. The minimum atomic E-state index is -1.24. The SMILES string of the molecule is O=C1C(=O)N(CCCn2ccnc2)C(C(O)CO)C1c1ccc(O)cc1. The van der Waals surface area contributed by atoms with E-state index in [0.29, 0.717) is 18.5 Å². The lowest BCUT2D eigenvalue weighted by Crippen LogP contribution is -2.45. The van der Waals surface area contributed by atoms with E-state index in [-0.39, 0.29) is 12.3 Å². The number of aromatic hydroxyl groups is 1. The van der Waals surface area contributed by atoms with Crippen LogP contribution in [0.2, 0.25) is 0 Å². The Morgan fingerprint density at radius 1 is 1.15 bits per heavy atom. The molecule has 2 heterocycles. The van der Waals surface area contributed by atoms with Crippen LogP contribution in [0.25, 0.3) is 0 Å². The van der Waals surface area contributed by atoms with Crippen molar-refractivity contribution in [2.45, 2.75) is 31.0 Å². The summed E-state index contributed by atoms with van der Waals surface area (Å²) >= 11 is 0. The van der Waals surface area contributed by atoms with Gasteiger partial charge in [-0.25, -0.2) is 4.98 Å². The number of likely N-dealkylation sites (tertiary alicyclic amines) is 1. The summed E-state index contributed by atoms with van der Waals surface area (Å²) in [4.78, 5) is 30.4. The third-order valence-corrected chi connectivity index (χ3v) is 4.66. The molecule has 8 nitrogen and oxygen atoms in total. The van der Waals surface area contributed by atoms with Crippen LogP contribution in [0.3, 0.4) is 0 Å². The first-order valence-corrected chi connectivity index (χ1v) is 8.41. The molecule has 8 heteroatoms. The minimum Gasteiger partial charge on any atom is -0.508 e. The molecule has 1 aromatic heterocycles. The van der Waals surface area contributed by atoms with Gasteiger partial charge in [-0.3, -0.25) is 9.59 Å². The van der Waals surface area contributed by atoms with Gasteiger partial charge in [0.1, 0.15) is 5.75 Å². The van der Waals surface area contributed by atoms with Crippen molar-refractivity contribution >= 4 is 11.7 Å². The van der Waals surface area contributed by atoms with Gasteiger partial charge in [0.2, 0.25) is 5.78 Å². The van der Waals surface area contributed by atoms with E-state index in [2.05, 4.69) is 4.98 Å². The highest BCUT2D eigenvalue weighted by atomic mass is 16.3. The molecule has 26 heavy (non-hydrogen) atoms. The summed E-state index contributed by atoms with van der Waals surface area (Å²) in [6.45, 7) is 0.334. The van der Waals surface area contributed by atoms with E-state index >= 15 is 0 Å². The Morgan fingerprint density at radius 2 is 1.88 bits per heavy atom. The van der Waals surface area contributed by atoms with E-state index in [1.807, 2.05) is 4.57 Å². The van der Waals surface area contributed by atoms with Crippen LogP contribution < -0.4 is 0 Å². The molecular formula is C18H21N3O5. The van der Waals surface area contributed by atoms with Crippen LogP contribution in [0.1, 0.15) is 17.9 Å². The zero-order valence-electron chi connectivity index (χ0n) is 14.1. The fourth-order valence-electron chi connectivity index (χ4n) is 3.41. The fraction of sp³-hybridized carbons (Fsp3) is 0.389. The zero-order chi connectivity index (χ0) is 18.7. The Kier molecular flexibility index (Phi) is 5.34. The van der Waals surface area contributed by atoms with Crippen molar-refractivity contribution in [3.05, 3.63) is 48.5 Å². The van der Waals surface area contributed by atoms with Crippen LogP contribution in [0.15, 0.2) is 43.0 Å². The van der Waals surface area contributed by atoms with Crippen LogP contribution in [0.5, 0.6) is 5.75 Å². The number of phenolic OH excluding ortho intramolecular Hbond substituents is 1. The van der Waals surface area contributed by atoms with Crippen molar-refractivity contribution in [3.63, 3.8) is 0 Å². The number of phenols is 1. The van der Waals surface area contributed by atoms with Gasteiger partial charge in [0, 0.05) is 25.5 Å². The maximum absolute atomic E-state index is 12.6. The zero-order valence-corrected chi connectivity index (χ0v) is 14.1. The number of aryl methyl sites for hydroxylation is 1. The quantitative estimate of drug-likeness (QED) is 0.595. The van der Waals surface area contributed by atoms with Crippen molar-refractivity contribution in [2.24, 2.45) is 0 Å². The molecule has 0 spiro atoms. The predicted molar refractivity (Wildman–Crippen MR) is 91.3 cm³/mol. The number of hydrogen-bond donors (Lipinski definition) is 3. The second-order valence-electron chi connectivity index (χ2n) is 6.33. The van der Waals surface area contributed by atoms with Crippen molar-refractivity contribution in [1.82, 2.24) is 14.5 Å². The van der Waals surface area contributed by atoms with Crippen LogP contribution in [0, 0.1) is 0 Å². The Balaban J connectivity index is 1.81. The summed E-state index contributed by atoms with van der Waals surface area (Å²) < 4.78 is 1.86. The first-order chi connectivity index (χ1) is 12.5. The highest BCUT2D eigenvalue weighted by molar-refractivity contribution is 6.40. The van der Waals surface area contributed by atoms with E-state index in [1.165, 1.54) is 17.0 Å². The molecule has 0 radical (unpaired) electrons. The van der Waals surface area contributed by atoms with E-state index < -0.39 is 36.4 Å². The van der Waals surface area contributed by atoms with Crippen molar-refractivity contribution in [3.8, 4) is 5.75 Å². The van der Waals surface area contributed by atoms with Gasteiger partial charge in [-0.1, -0.05) is 12.1 Å². The van der Waals surface area contributed by atoms with Crippen LogP contribution in [0.4, 0.5) is 0 Å². The number of amides is 1. The van der Waals surface area contributed by atoms with Crippen LogP contribution in [-0.4, -0.2) is 66.8 Å². The largest absolute Gasteiger partial charge is 0.508 e. The second-order valence-corrected chi connectivity index (χ2v) is 6.33. The Labute approximate surface area is 150 Å². The molecule has 0 saturated carbocycles. The smallest absolute Gasteiger partial charge is 0.291 e. The second kappa shape index (κ2) is 7.67. The number of aromatic nitrogens is 2. The molecule has 0 bridgehead atoms. The molecule has 1 saturated heterocycles. The normalized spacial score (nSPS) is 21.4. The number of nitrogens with zero attached hydrogens (tertiary/aromatic N) is 3. The fourth-order valence-corrected chi connectivity index (χ4v) is 3.41. The van der Waals surface area contributed by atoms with E-state index in [0.717, 1.165) is 0 Å². The molecule has 0 aliphatic carbocycles. The van der Waals surface area contributed by atoms with Gasteiger partial charge < -0.3 is 24.8 Å². The first-order valence-electron chi connectivity index (χ1n) is 8.41. The third-order valence-electron chi connectivity index (χ3n) is 4.66. The molecule has 1 aliphatic rings. The molecule has 1 fully saturated rings. The predicted octanol–water partition coefficient (Wildman–Crippen LogP) is -0.104. The van der Waals surface area contributed by atoms with Gasteiger partial charge in [0.25, 0.3) is 5.91 Å². The average molecular weight is 359 g/mol. The number of aliphatic hydroxyl groups is 2. The van der Waals surface area contributed by atoms with Gasteiger partial charge in [-0.2, -0.15) is 0 Å². The number of carbonyl (C=O) groups excluding carboxylic acids is 2. The molecule has 2 aromatic rings. The van der Waals surface area contributed by atoms with Crippen molar-refractivity contribution < 1.29 is 24.9 Å². The van der Waals surface area contributed by atoms with Crippen molar-refractivity contribution in [2.75, 3.05) is 13.2 Å². The molecule has 1 aliphatic heterocycles. The molecule has 138 valence electrons.